The van der Waals surface area contributed by atoms with E-state index >= 15 is 0 Å². The molecule has 174 valence electrons. The summed E-state index contributed by atoms with van der Waals surface area (Å²) in [5.74, 6) is 0.427. The first-order chi connectivity index (χ1) is 17.5. The van der Waals surface area contributed by atoms with Gasteiger partial charge in [-0.1, -0.05) is 68.4 Å². The van der Waals surface area contributed by atoms with Gasteiger partial charge in [-0.25, -0.2) is 4.57 Å². The summed E-state index contributed by atoms with van der Waals surface area (Å²) >= 11 is 0. The van der Waals surface area contributed by atoms with Crippen molar-refractivity contribution in [1.29, 1.82) is 5.26 Å². The van der Waals surface area contributed by atoms with E-state index in [1.165, 1.54) is 5.56 Å². The van der Waals surface area contributed by atoms with Gasteiger partial charge in [0.05, 0.1) is 17.2 Å². The zero-order valence-electron chi connectivity index (χ0n) is 21.0. The van der Waals surface area contributed by atoms with Crippen LogP contribution in [0, 0.1) is 18.3 Å². The Hall–Kier alpha value is -4.42. The summed E-state index contributed by atoms with van der Waals surface area (Å²) in [6.45, 7) is 6.57. The lowest BCUT2D eigenvalue weighted by atomic mass is 9.92. The van der Waals surface area contributed by atoms with Crippen LogP contribution >= 0.6 is 0 Å². The first-order valence-electron chi connectivity index (χ1n) is 12.3. The van der Waals surface area contributed by atoms with Crippen molar-refractivity contribution in [1.82, 2.24) is 0 Å². The molecule has 3 heteroatoms. The number of fused-ring (bicyclic) bond motifs is 4. The second kappa shape index (κ2) is 8.36. The fourth-order valence-corrected chi connectivity index (χ4v) is 5.32. The molecule has 0 atom stereocenters. The number of pyridine rings is 1. The molecule has 4 aromatic carbocycles. The van der Waals surface area contributed by atoms with Gasteiger partial charge in [-0.05, 0) is 52.4 Å². The number of furan rings is 1. The van der Waals surface area contributed by atoms with Crippen molar-refractivity contribution in [2.24, 2.45) is 7.05 Å². The summed E-state index contributed by atoms with van der Waals surface area (Å²) < 4.78 is 8.95. The molecule has 2 aromatic heterocycles. The van der Waals surface area contributed by atoms with E-state index in [2.05, 4.69) is 93.2 Å². The molecule has 2 heterocycles. The molecule has 0 aliphatic carbocycles. The van der Waals surface area contributed by atoms with Crippen molar-refractivity contribution in [2.75, 3.05) is 0 Å². The van der Waals surface area contributed by atoms with E-state index in [1.807, 2.05) is 30.3 Å². The van der Waals surface area contributed by atoms with Crippen molar-refractivity contribution in [3.05, 3.63) is 102 Å². The largest absolute Gasteiger partial charge is 0.454 e. The fraction of sp³-hybridized carbons (Fsp3) is 0.152. The van der Waals surface area contributed by atoms with Crippen LogP contribution in [0.1, 0.15) is 36.5 Å². The maximum atomic E-state index is 10.1. The van der Waals surface area contributed by atoms with E-state index in [4.69, 9.17) is 4.42 Å². The van der Waals surface area contributed by atoms with Crippen LogP contribution in [0.5, 0.6) is 0 Å². The van der Waals surface area contributed by atoms with Crippen LogP contribution in [0.2, 0.25) is 0 Å². The minimum absolute atomic E-state index is 0.427. The topological polar surface area (TPSA) is 40.8 Å². The van der Waals surface area contributed by atoms with Gasteiger partial charge in [0.15, 0.2) is 6.20 Å². The van der Waals surface area contributed by atoms with Gasteiger partial charge in [0.1, 0.15) is 18.2 Å². The molecule has 0 N–H and O–H groups in total. The molecule has 0 aliphatic heterocycles. The summed E-state index contributed by atoms with van der Waals surface area (Å²) in [6.07, 6.45) is 2.13. The molecule has 3 nitrogen and oxygen atoms in total. The van der Waals surface area contributed by atoms with Gasteiger partial charge < -0.3 is 4.42 Å². The van der Waals surface area contributed by atoms with Crippen LogP contribution in [0.4, 0.5) is 0 Å². The number of nitrogens with zero attached hydrogens (tertiary/aromatic N) is 2. The van der Waals surface area contributed by atoms with Gasteiger partial charge in [-0.2, -0.15) is 5.26 Å². The number of nitriles is 1. The lowest BCUT2D eigenvalue weighted by Crippen LogP contribution is -2.31. The number of hydrogen-bond acceptors (Lipinski definition) is 2. The Morgan fingerprint density at radius 3 is 2.31 bits per heavy atom. The average Bonchev–Trinajstić information content (AvgIpc) is 3.26. The molecule has 6 aromatic rings. The quantitative estimate of drug-likeness (QED) is 0.246. The lowest BCUT2D eigenvalue weighted by molar-refractivity contribution is -0.660. The highest BCUT2D eigenvalue weighted by Crippen LogP contribution is 2.43. The first kappa shape index (κ1) is 22.1. The Morgan fingerprint density at radius 1 is 0.806 bits per heavy atom. The number of benzene rings is 4. The zero-order chi connectivity index (χ0) is 25.0. The minimum atomic E-state index is 0.427. The van der Waals surface area contributed by atoms with Gasteiger partial charge in [0, 0.05) is 28.5 Å². The van der Waals surface area contributed by atoms with Crippen molar-refractivity contribution in [3.8, 4) is 28.5 Å². The Bertz CT molecular complexity index is 1850. The Kier molecular flexibility index (Phi) is 5.12. The molecule has 0 aliphatic rings. The van der Waals surface area contributed by atoms with E-state index in [1.54, 1.807) is 0 Å². The smallest absolute Gasteiger partial charge is 0.216 e. The molecule has 0 saturated heterocycles. The van der Waals surface area contributed by atoms with Crippen LogP contribution in [-0.4, -0.2) is 0 Å². The highest BCUT2D eigenvalue weighted by Gasteiger charge is 2.24. The average molecular weight is 468 g/mol. The monoisotopic (exact) mass is 467 g/mol. The number of hydrogen-bond donors (Lipinski definition) is 0. The SMILES string of the molecule is Cc1ccc2c(oc3c(-c4cccc5ccccc45)c(C#N)ccc32)c1-c1cc(C(C)C)cc[n+]1C. The van der Waals surface area contributed by atoms with Crippen LogP contribution in [0.25, 0.3) is 55.1 Å². The molecule has 0 bridgehead atoms. The number of aryl methyl sites for hydroxylation is 2. The van der Waals surface area contributed by atoms with Crippen LogP contribution in [0.3, 0.4) is 0 Å². The summed E-state index contributed by atoms with van der Waals surface area (Å²) in [6, 6.07) is 29.7. The molecule has 0 radical (unpaired) electrons. The predicted octanol–water partition coefficient (Wildman–Crippen LogP) is 8.20. The van der Waals surface area contributed by atoms with Crippen LogP contribution in [-0.2, 0) is 7.05 Å². The van der Waals surface area contributed by atoms with Gasteiger partial charge in [0.25, 0.3) is 0 Å². The Balaban J connectivity index is 1.74. The van der Waals surface area contributed by atoms with Gasteiger partial charge in [0.2, 0.25) is 5.69 Å². The van der Waals surface area contributed by atoms with E-state index < -0.39 is 0 Å². The maximum absolute atomic E-state index is 10.1. The third-order valence-corrected chi connectivity index (χ3v) is 7.29. The van der Waals surface area contributed by atoms with Crippen molar-refractivity contribution >= 4 is 32.7 Å². The van der Waals surface area contributed by atoms with E-state index in [0.29, 0.717) is 11.5 Å². The predicted molar refractivity (Wildman–Crippen MR) is 147 cm³/mol. The Labute approximate surface area is 210 Å². The number of aromatic nitrogens is 1. The zero-order valence-corrected chi connectivity index (χ0v) is 21.0. The summed E-state index contributed by atoms with van der Waals surface area (Å²) in [4.78, 5) is 0. The molecule has 0 unspecified atom stereocenters. The van der Waals surface area contributed by atoms with Crippen LogP contribution < -0.4 is 4.57 Å². The normalized spacial score (nSPS) is 11.6. The lowest BCUT2D eigenvalue weighted by Gasteiger charge is -2.09. The first-order valence-corrected chi connectivity index (χ1v) is 12.3. The fourth-order valence-electron chi connectivity index (χ4n) is 5.32. The van der Waals surface area contributed by atoms with E-state index in [0.717, 1.165) is 60.7 Å². The maximum Gasteiger partial charge on any atom is 0.216 e. The molecular weight excluding hydrogens is 440 g/mol. The summed E-state index contributed by atoms with van der Waals surface area (Å²) in [5.41, 5.74) is 8.76. The van der Waals surface area contributed by atoms with Crippen LogP contribution in [0.15, 0.2) is 89.5 Å². The van der Waals surface area contributed by atoms with Crippen molar-refractivity contribution in [3.63, 3.8) is 0 Å². The molecule has 0 amide bonds. The van der Waals surface area contributed by atoms with Gasteiger partial charge in [-0.3, -0.25) is 0 Å². The standard InChI is InChI=1S/C33H27N2O/c1-20(2)23-16-17-35(4)29(18-23)30-21(3)12-14-27-28-15-13-24(19-34)31(33(28)36-32(27)30)26-11-7-9-22-8-5-6-10-25(22)26/h5-18,20H,1-4H3/q+1. The van der Waals surface area contributed by atoms with Gasteiger partial charge >= 0.3 is 0 Å². The molecule has 0 fully saturated rings. The molecule has 6 rings (SSSR count). The third-order valence-electron chi connectivity index (χ3n) is 7.29. The Morgan fingerprint density at radius 2 is 1.53 bits per heavy atom. The van der Waals surface area contributed by atoms with Gasteiger partial charge in [-0.15, -0.1) is 0 Å². The van der Waals surface area contributed by atoms with Crippen molar-refractivity contribution < 1.29 is 8.98 Å². The van der Waals surface area contributed by atoms with Crippen molar-refractivity contribution in [2.45, 2.75) is 26.7 Å². The second-order valence-corrected chi connectivity index (χ2v) is 9.85. The minimum Gasteiger partial charge on any atom is -0.454 e. The summed E-state index contributed by atoms with van der Waals surface area (Å²) in [5, 5.41) is 14.4. The molecule has 0 spiro atoms. The third kappa shape index (κ3) is 3.30. The van der Waals surface area contributed by atoms with E-state index in [-0.39, 0.29) is 0 Å². The summed E-state index contributed by atoms with van der Waals surface area (Å²) in [7, 11) is 2.08. The molecular formula is C33H27N2O+. The van der Waals surface area contributed by atoms with E-state index in [9.17, 15) is 5.26 Å². The highest BCUT2D eigenvalue weighted by atomic mass is 16.3. The molecule has 36 heavy (non-hydrogen) atoms. The second-order valence-electron chi connectivity index (χ2n) is 9.85. The number of rotatable bonds is 3. The molecule has 0 saturated carbocycles. The highest BCUT2D eigenvalue weighted by molar-refractivity contribution is 6.15.